The number of nitrogens with zero attached hydrogens (tertiary/aromatic N) is 4. The number of aromatic nitrogens is 3. The van der Waals surface area contributed by atoms with Crippen molar-refractivity contribution in [2.75, 3.05) is 25.1 Å². The van der Waals surface area contributed by atoms with Crippen molar-refractivity contribution in [3.63, 3.8) is 0 Å². The van der Waals surface area contributed by atoms with Crippen LogP contribution in [-0.4, -0.2) is 35.3 Å². The van der Waals surface area contributed by atoms with E-state index < -0.39 is 0 Å². The quantitative estimate of drug-likeness (QED) is 0.658. The molecule has 0 amide bonds. The average Bonchev–Trinajstić information content (AvgIpc) is 3.22. The number of benzene rings is 1. The Balaban J connectivity index is 1.38. The molecular weight excluding hydrogens is 344 g/mol. The van der Waals surface area contributed by atoms with Gasteiger partial charge in [0.2, 0.25) is 5.82 Å². The highest BCUT2D eigenvalue weighted by atomic mass is 16.5. The molecule has 1 aromatic carbocycles. The Bertz CT molecular complexity index is 856. The summed E-state index contributed by atoms with van der Waals surface area (Å²) in [6.07, 6.45) is 5.55. The van der Waals surface area contributed by atoms with Crippen molar-refractivity contribution in [1.82, 2.24) is 15.1 Å². The molecule has 4 rings (SSSR count). The fraction of sp³-hybridized carbons (Fsp3) is 0.350. The van der Waals surface area contributed by atoms with E-state index in [1.54, 1.807) is 13.3 Å². The van der Waals surface area contributed by atoms with Crippen LogP contribution in [0.15, 0.2) is 47.1 Å². The fourth-order valence-corrected chi connectivity index (χ4v) is 3.08. The molecule has 0 spiro atoms. The first-order chi connectivity index (χ1) is 13.3. The zero-order chi connectivity index (χ0) is 18.5. The zero-order valence-electron chi connectivity index (χ0n) is 15.3. The predicted molar refractivity (Wildman–Crippen MR) is 101 cm³/mol. The third-order valence-corrected chi connectivity index (χ3v) is 4.58. The zero-order valence-corrected chi connectivity index (χ0v) is 15.3. The van der Waals surface area contributed by atoms with Gasteiger partial charge >= 0.3 is 0 Å². The van der Waals surface area contributed by atoms with Crippen LogP contribution in [0.5, 0.6) is 11.5 Å². The minimum absolute atomic E-state index is 0.207. The molecule has 1 aliphatic heterocycles. The molecule has 0 atom stereocenters. The summed E-state index contributed by atoms with van der Waals surface area (Å²) in [7, 11) is 1.63. The van der Waals surface area contributed by atoms with Crippen molar-refractivity contribution in [1.29, 1.82) is 0 Å². The Morgan fingerprint density at radius 3 is 2.48 bits per heavy atom. The van der Waals surface area contributed by atoms with Crippen molar-refractivity contribution >= 4 is 5.82 Å². The molecule has 3 aromatic rings. The molecule has 0 bridgehead atoms. The maximum absolute atomic E-state index is 5.67. The van der Waals surface area contributed by atoms with Gasteiger partial charge in [-0.25, -0.2) is 4.98 Å². The van der Waals surface area contributed by atoms with Crippen molar-refractivity contribution in [3.8, 4) is 22.9 Å². The lowest BCUT2D eigenvalue weighted by Crippen LogP contribution is -2.29. The third-order valence-electron chi connectivity index (χ3n) is 4.58. The second kappa shape index (κ2) is 8.07. The first kappa shape index (κ1) is 17.3. The van der Waals surface area contributed by atoms with Crippen molar-refractivity contribution in [2.24, 2.45) is 0 Å². The van der Waals surface area contributed by atoms with Gasteiger partial charge in [-0.15, -0.1) is 0 Å². The van der Waals surface area contributed by atoms with Crippen LogP contribution >= 0.6 is 0 Å². The van der Waals surface area contributed by atoms with Gasteiger partial charge in [0.05, 0.1) is 7.11 Å². The van der Waals surface area contributed by atoms with Gasteiger partial charge in [-0.2, -0.15) is 4.98 Å². The first-order valence-electron chi connectivity index (χ1n) is 9.12. The molecule has 1 fully saturated rings. The van der Waals surface area contributed by atoms with Crippen LogP contribution < -0.4 is 14.4 Å². The number of piperidine rings is 1. The number of ether oxygens (including phenoxy) is 2. The van der Waals surface area contributed by atoms with Gasteiger partial charge < -0.3 is 18.9 Å². The summed E-state index contributed by atoms with van der Waals surface area (Å²) >= 11 is 0. The molecule has 0 saturated carbocycles. The molecule has 140 valence electrons. The van der Waals surface area contributed by atoms with E-state index in [0.717, 1.165) is 30.2 Å². The number of methoxy groups -OCH3 is 1. The number of rotatable bonds is 6. The smallest absolute Gasteiger partial charge is 0.264 e. The third kappa shape index (κ3) is 4.19. The summed E-state index contributed by atoms with van der Waals surface area (Å²) in [5.74, 6) is 3.43. The van der Waals surface area contributed by atoms with E-state index in [4.69, 9.17) is 14.0 Å². The van der Waals surface area contributed by atoms with Gasteiger partial charge in [-0.1, -0.05) is 5.16 Å². The van der Waals surface area contributed by atoms with Gasteiger partial charge in [0.25, 0.3) is 5.89 Å². The summed E-state index contributed by atoms with van der Waals surface area (Å²) in [6.45, 7) is 2.35. The lowest BCUT2D eigenvalue weighted by molar-refractivity contribution is 0.242. The molecule has 3 heterocycles. The molecule has 7 heteroatoms. The lowest BCUT2D eigenvalue weighted by Gasteiger charge is -2.27. The van der Waals surface area contributed by atoms with Crippen LogP contribution in [0.2, 0.25) is 0 Å². The molecule has 1 saturated heterocycles. The average molecular weight is 366 g/mol. The van der Waals surface area contributed by atoms with Gasteiger partial charge in [-0.05, 0) is 55.7 Å². The van der Waals surface area contributed by atoms with E-state index in [1.165, 1.54) is 19.3 Å². The Labute approximate surface area is 157 Å². The highest BCUT2D eigenvalue weighted by molar-refractivity contribution is 5.55. The molecule has 0 unspecified atom stereocenters. The van der Waals surface area contributed by atoms with Gasteiger partial charge in [0.15, 0.2) is 6.61 Å². The highest BCUT2D eigenvalue weighted by Gasteiger charge is 2.14. The Hall–Kier alpha value is -3.09. The van der Waals surface area contributed by atoms with Crippen molar-refractivity contribution < 1.29 is 14.0 Å². The van der Waals surface area contributed by atoms with Crippen LogP contribution in [0.4, 0.5) is 5.82 Å². The normalized spacial score (nSPS) is 14.2. The molecule has 0 radical (unpaired) electrons. The number of hydrogen-bond donors (Lipinski definition) is 0. The molecule has 0 aliphatic carbocycles. The van der Waals surface area contributed by atoms with E-state index in [-0.39, 0.29) is 6.61 Å². The van der Waals surface area contributed by atoms with Crippen molar-refractivity contribution in [3.05, 3.63) is 48.5 Å². The summed E-state index contributed by atoms with van der Waals surface area (Å²) in [5.41, 5.74) is 0.829. The number of pyridine rings is 1. The lowest BCUT2D eigenvalue weighted by atomic mass is 10.1. The molecule has 0 N–H and O–H groups in total. The van der Waals surface area contributed by atoms with Crippen LogP contribution in [0.1, 0.15) is 25.2 Å². The minimum Gasteiger partial charge on any atom is -0.497 e. The topological polar surface area (TPSA) is 73.5 Å². The second-order valence-corrected chi connectivity index (χ2v) is 6.43. The van der Waals surface area contributed by atoms with E-state index in [2.05, 4.69) is 20.0 Å². The van der Waals surface area contributed by atoms with Crippen LogP contribution in [0.25, 0.3) is 11.4 Å². The molecule has 2 aromatic heterocycles. The van der Waals surface area contributed by atoms with Gasteiger partial charge in [-0.3, -0.25) is 0 Å². The maximum atomic E-state index is 5.67. The van der Waals surface area contributed by atoms with E-state index in [9.17, 15) is 0 Å². The largest absolute Gasteiger partial charge is 0.497 e. The highest BCUT2D eigenvalue weighted by Crippen LogP contribution is 2.22. The number of hydrogen-bond acceptors (Lipinski definition) is 7. The molecule has 7 nitrogen and oxygen atoms in total. The summed E-state index contributed by atoms with van der Waals surface area (Å²) < 4.78 is 16.1. The molecule has 27 heavy (non-hydrogen) atoms. The van der Waals surface area contributed by atoms with E-state index in [1.807, 2.05) is 36.4 Å². The van der Waals surface area contributed by atoms with Gasteiger partial charge in [0.1, 0.15) is 17.3 Å². The van der Waals surface area contributed by atoms with Crippen LogP contribution in [0.3, 0.4) is 0 Å². The van der Waals surface area contributed by atoms with E-state index >= 15 is 0 Å². The Kier molecular flexibility index (Phi) is 5.18. The second-order valence-electron chi connectivity index (χ2n) is 6.43. The fourth-order valence-electron chi connectivity index (χ4n) is 3.08. The van der Waals surface area contributed by atoms with Crippen LogP contribution in [0, 0.1) is 0 Å². The summed E-state index contributed by atoms with van der Waals surface area (Å²) in [5, 5.41) is 4.03. The van der Waals surface area contributed by atoms with Crippen LogP contribution in [-0.2, 0) is 6.61 Å². The van der Waals surface area contributed by atoms with E-state index in [0.29, 0.717) is 17.5 Å². The maximum Gasteiger partial charge on any atom is 0.264 e. The Morgan fingerprint density at radius 2 is 1.78 bits per heavy atom. The molecule has 1 aliphatic rings. The summed E-state index contributed by atoms with van der Waals surface area (Å²) in [6, 6.07) is 11.3. The molecular formula is C20H22N4O3. The summed E-state index contributed by atoms with van der Waals surface area (Å²) in [4.78, 5) is 11.3. The van der Waals surface area contributed by atoms with Crippen molar-refractivity contribution in [2.45, 2.75) is 25.9 Å². The minimum atomic E-state index is 0.207. The first-order valence-corrected chi connectivity index (χ1v) is 9.12. The van der Waals surface area contributed by atoms with Gasteiger partial charge in [0, 0.05) is 24.8 Å². The Morgan fingerprint density at radius 1 is 1.00 bits per heavy atom. The predicted octanol–water partition coefficient (Wildman–Crippen LogP) is 3.71. The standard InChI is InChI=1S/C20H22N4O3/c1-25-16-6-8-17(9-7-16)26-14-19-22-20(23-27-19)15-5-10-18(21-13-15)24-11-3-2-4-12-24/h5-10,13H,2-4,11-12,14H2,1H3. The SMILES string of the molecule is COc1ccc(OCc2nc(-c3ccc(N4CCCCC4)nc3)no2)cc1. The monoisotopic (exact) mass is 366 g/mol. The number of anilines is 1.